The van der Waals surface area contributed by atoms with E-state index in [1.165, 1.54) is 7.05 Å². The van der Waals surface area contributed by atoms with Crippen LogP contribution in [0.1, 0.15) is 5.56 Å². The predicted molar refractivity (Wildman–Crippen MR) is 41.3 cm³/mol. The second kappa shape index (κ2) is 3.68. The standard InChI is InChI=1S/C8H9F2NO2/c1-11(13)4-6-7(10)2-5(9)3-8(6)12/h2-3,12-13H,4H2,1H3. The molecule has 0 atom stereocenters. The Kier molecular flexibility index (Phi) is 2.79. The Labute approximate surface area is 73.8 Å². The van der Waals surface area contributed by atoms with E-state index in [2.05, 4.69) is 0 Å². The number of rotatable bonds is 2. The summed E-state index contributed by atoms with van der Waals surface area (Å²) in [5.41, 5.74) is -0.133. The van der Waals surface area contributed by atoms with Gasteiger partial charge in [0.2, 0.25) is 0 Å². The molecule has 3 nitrogen and oxygen atoms in total. The zero-order chi connectivity index (χ0) is 10.0. The highest BCUT2D eigenvalue weighted by Crippen LogP contribution is 2.22. The van der Waals surface area contributed by atoms with Gasteiger partial charge >= 0.3 is 0 Å². The van der Waals surface area contributed by atoms with Crippen molar-refractivity contribution in [2.24, 2.45) is 0 Å². The van der Waals surface area contributed by atoms with Crippen molar-refractivity contribution in [3.63, 3.8) is 0 Å². The zero-order valence-corrected chi connectivity index (χ0v) is 6.96. The topological polar surface area (TPSA) is 43.7 Å². The number of phenolic OH excluding ortho intramolecular Hbond substituents is 1. The smallest absolute Gasteiger partial charge is 0.134 e. The van der Waals surface area contributed by atoms with Crippen LogP contribution in [-0.4, -0.2) is 22.4 Å². The van der Waals surface area contributed by atoms with Gasteiger partial charge in [-0.3, -0.25) is 0 Å². The Hall–Kier alpha value is -1.20. The molecule has 1 aromatic carbocycles. The van der Waals surface area contributed by atoms with Crippen LogP contribution >= 0.6 is 0 Å². The van der Waals surface area contributed by atoms with Gasteiger partial charge in [-0.2, -0.15) is 5.06 Å². The summed E-state index contributed by atoms with van der Waals surface area (Å²) in [5, 5.41) is 18.6. The van der Waals surface area contributed by atoms with Crippen molar-refractivity contribution in [2.45, 2.75) is 6.54 Å². The van der Waals surface area contributed by atoms with E-state index in [1.54, 1.807) is 0 Å². The number of hydroxylamine groups is 2. The molecule has 0 aliphatic carbocycles. The van der Waals surface area contributed by atoms with E-state index >= 15 is 0 Å². The summed E-state index contributed by atoms with van der Waals surface area (Å²) < 4.78 is 25.4. The van der Waals surface area contributed by atoms with Gasteiger partial charge in [-0.1, -0.05) is 0 Å². The number of phenols is 1. The minimum Gasteiger partial charge on any atom is -0.507 e. The summed E-state index contributed by atoms with van der Waals surface area (Å²) in [6, 6.07) is 1.44. The number of aromatic hydroxyl groups is 1. The van der Waals surface area contributed by atoms with Crippen LogP contribution in [0.2, 0.25) is 0 Å². The molecule has 13 heavy (non-hydrogen) atoms. The van der Waals surface area contributed by atoms with Gasteiger partial charge in [0.15, 0.2) is 0 Å². The summed E-state index contributed by atoms with van der Waals surface area (Å²) >= 11 is 0. The van der Waals surface area contributed by atoms with Crippen molar-refractivity contribution >= 4 is 0 Å². The van der Waals surface area contributed by atoms with Crippen LogP contribution in [0, 0.1) is 11.6 Å². The number of hydrogen-bond donors (Lipinski definition) is 2. The lowest BCUT2D eigenvalue weighted by Gasteiger charge is -2.10. The number of benzene rings is 1. The molecule has 0 saturated carbocycles. The summed E-state index contributed by atoms with van der Waals surface area (Å²) in [5.74, 6) is -2.23. The van der Waals surface area contributed by atoms with Crippen LogP contribution in [0.4, 0.5) is 8.78 Å². The summed E-state index contributed by atoms with van der Waals surface area (Å²) in [7, 11) is 1.29. The van der Waals surface area contributed by atoms with Gasteiger partial charge in [-0.05, 0) is 0 Å². The van der Waals surface area contributed by atoms with E-state index in [4.69, 9.17) is 10.3 Å². The molecule has 0 spiro atoms. The molecule has 0 fully saturated rings. The number of nitrogens with zero attached hydrogens (tertiary/aromatic N) is 1. The fourth-order valence-corrected chi connectivity index (χ4v) is 0.975. The minimum absolute atomic E-state index is 0.133. The quantitative estimate of drug-likeness (QED) is 0.693. The summed E-state index contributed by atoms with van der Waals surface area (Å²) in [6.45, 7) is -0.196. The van der Waals surface area contributed by atoms with E-state index in [-0.39, 0.29) is 12.1 Å². The van der Waals surface area contributed by atoms with Crippen LogP contribution in [0.25, 0.3) is 0 Å². The van der Waals surface area contributed by atoms with E-state index in [9.17, 15) is 8.78 Å². The highest BCUT2D eigenvalue weighted by atomic mass is 19.1. The van der Waals surface area contributed by atoms with Gasteiger partial charge in [0.05, 0.1) is 6.54 Å². The SMILES string of the molecule is CN(O)Cc1c(O)cc(F)cc1F. The van der Waals surface area contributed by atoms with E-state index in [0.717, 1.165) is 6.07 Å². The minimum atomic E-state index is -0.876. The first-order valence-corrected chi connectivity index (χ1v) is 3.57. The van der Waals surface area contributed by atoms with Gasteiger partial charge in [-0.15, -0.1) is 0 Å². The van der Waals surface area contributed by atoms with E-state index < -0.39 is 17.4 Å². The molecule has 0 aliphatic rings. The maximum absolute atomic E-state index is 12.9. The lowest BCUT2D eigenvalue weighted by Crippen LogP contribution is -2.13. The molecule has 0 aliphatic heterocycles. The second-order valence-electron chi connectivity index (χ2n) is 2.70. The molecule has 2 N–H and O–H groups in total. The molecule has 0 bridgehead atoms. The monoisotopic (exact) mass is 189 g/mol. The predicted octanol–water partition coefficient (Wildman–Crippen LogP) is 1.49. The highest BCUT2D eigenvalue weighted by molar-refractivity contribution is 5.33. The molecule has 0 aromatic heterocycles. The second-order valence-corrected chi connectivity index (χ2v) is 2.70. The Morgan fingerprint density at radius 3 is 2.46 bits per heavy atom. The normalized spacial score (nSPS) is 10.8. The molecule has 0 unspecified atom stereocenters. The van der Waals surface area contributed by atoms with Crippen molar-refractivity contribution < 1.29 is 19.1 Å². The summed E-state index contributed by atoms with van der Waals surface area (Å²) in [6.07, 6.45) is 0. The van der Waals surface area contributed by atoms with Gasteiger partial charge in [-0.25, -0.2) is 8.78 Å². The van der Waals surface area contributed by atoms with Gasteiger partial charge in [0.1, 0.15) is 17.4 Å². The van der Waals surface area contributed by atoms with Crippen LogP contribution in [0.15, 0.2) is 12.1 Å². The molecule has 0 amide bonds. The first kappa shape index (κ1) is 9.88. The lowest BCUT2D eigenvalue weighted by atomic mass is 10.2. The average molecular weight is 189 g/mol. The Morgan fingerprint density at radius 2 is 2.00 bits per heavy atom. The molecule has 1 aromatic rings. The van der Waals surface area contributed by atoms with Crippen molar-refractivity contribution in [2.75, 3.05) is 7.05 Å². The summed E-state index contributed by atoms with van der Waals surface area (Å²) in [4.78, 5) is 0. The van der Waals surface area contributed by atoms with Crippen LogP contribution < -0.4 is 0 Å². The van der Waals surface area contributed by atoms with Crippen molar-refractivity contribution in [1.82, 2.24) is 5.06 Å². The Balaban J connectivity index is 3.06. The first-order valence-electron chi connectivity index (χ1n) is 3.57. The fourth-order valence-electron chi connectivity index (χ4n) is 0.975. The van der Waals surface area contributed by atoms with E-state index in [1.807, 2.05) is 0 Å². The molecule has 0 heterocycles. The molecule has 0 saturated heterocycles. The van der Waals surface area contributed by atoms with Crippen molar-refractivity contribution in [3.8, 4) is 5.75 Å². The molecule has 72 valence electrons. The maximum atomic E-state index is 12.9. The third-order valence-corrected chi connectivity index (χ3v) is 1.52. The highest BCUT2D eigenvalue weighted by Gasteiger charge is 2.11. The largest absolute Gasteiger partial charge is 0.507 e. The Morgan fingerprint density at radius 1 is 1.38 bits per heavy atom. The Bertz CT molecular complexity index is 292. The first-order chi connectivity index (χ1) is 6.00. The van der Waals surface area contributed by atoms with Gasteiger partial charge in [0.25, 0.3) is 0 Å². The molecule has 5 heteroatoms. The lowest BCUT2D eigenvalue weighted by molar-refractivity contribution is -0.0743. The number of halogens is 2. The van der Waals surface area contributed by atoms with Crippen molar-refractivity contribution in [3.05, 3.63) is 29.3 Å². The third-order valence-electron chi connectivity index (χ3n) is 1.52. The van der Waals surface area contributed by atoms with Crippen LogP contribution in [0.5, 0.6) is 5.75 Å². The molecular formula is C8H9F2NO2. The molecule has 0 radical (unpaired) electrons. The fraction of sp³-hybridized carbons (Fsp3) is 0.250. The zero-order valence-electron chi connectivity index (χ0n) is 6.96. The number of hydrogen-bond acceptors (Lipinski definition) is 3. The third kappa shape index (κ3) is 2.37. The van der Waals surface area contributed by atoms with Crippen LogP contribution in [0.3, 0.4) is 0 Å². The van der Waals surface area contributed by atoms with Crippen LogP contribution in [-0.2, 0) is 6.54 Å². The molecular weight excluding hydrogens is 180 g/mol. The van der Waals surface area contributed by atoms with Gasteiger partial charge in [0, 0.05) is 24.7 Å². The van der Waals surface area contributed by atoms with E-state index in [0.29, 0.717) is 11.1 Å². The van der Waals surface area contributed by atoms with Gasteiger partial charge < -0.3 is 10.3 Å². The maximum Gasteiger partial charge on any atom is 0.134 e. The average Bonchev–Trinajstić information content (AvgIpc) is 1.96. The van der Waals surface area contributed by atoms with Crippen molar-refractivity contribution in [1.29, 1.82) is 0 Å². The molecule has 1 rings (SSSR count).